The number of alkyl halides is 3. The van der Waals surface area contributed by atoms with E-state index in [1.807, 2.05) is 0 Å². The number of thiol groups is 1. The first-order valence-corrected chi connectivity index (χ1v) is 2.91. The van der Waals surface area contributed by atoms with Crippen LogP contribution in [0.3, 0.4) is 0 Å². The molecule has 0 aromatic heterocycles. The summed E-state index contributed by atoms with van der Waals surface area (Å²) in [6, 6.07) is 0. The highest BCUT2D eigenvalue weighted by Crippen LogP contribution is 2.14. The zero-order valence-corrected chi connectivity index (χ0v) is 5.96. The van der Waals surface area contributed by atoms with Crippen LogP contribution in [-0.2, 0) is 4.79 Å². The summed E-state index contributed by atoms with van der Waals surface area (Å²) in [7, 11) is 0. The average Bonchev–Trinajstić information content (AvgIpc) is 1.60. The van der Waals surface area contributed by atoms with Gasteiger partial charge in [0.1, 0.15) is 0 Å². The first-order valence-electron chi connectivity index (χ1n) is 2.40. The van der Waals surface area contributed by atoms with Crippen molar-refractivity contribution in [2.75, 3.05) is 0 Å². The maximum absolute atomic E-state index is 11.4. The minimum atomic E-state index is -4.81. The normalized spacial score (nSPS) is 14.5. The highest BCUT2D eigenvalue weighted by Gasteiger charge is 2.38. The van der Waals surface area contributed by atoms with Gasteiger partial charge in [0, 0.05) is 0 Å². The smallest absolute Gasteiger partial charge is 0.337 e. The standard InChI is InChI=1S/C4H6F3NOS/c1-2(10)8-3(9)4(5,6)7/h2,10H,1H3,(H,8,9). The molecular formula is C4H6F3NOS. The van der Waals surface area contributed by atoms with Gasteiger partial charge in [-0.25, -0.2) is 0 Å². The van der Waals surface area contributed by atoms with E-state index in [1.54, 1.807) is 5.32 Å². The molecule has 60 valence electrons. The van der Waals surface area contributed by atoms with Crippen molar-refractivity contribution >= 4 is 18.5 Å². The molecule has 0 aromatic carbocycles. The molecular weight excluding hydrogens is 167 g/mol. The van der Waals surface area contributed by atoms with E-state index in [0.717, 1.165) is 0 Å². The fourth-order valence-electron chi connectivity index (χ4n) is 0.272. The zero-order valence-electron chi connectivity index (χ0n) is 5.07. The second-order valence-corrected chi connectivity index (χ2v) is 2.42. The molecule has 0 rings (SSSR count). The summed E-state index contributed by atoms with van der Waals surface area (Å²) in [5.41, 5.74) is 0. The van der Waals surface area contributed by atoms with Crippen LogP contribution in [-0.4, -0.2) is 17.5 Å². The molecule has 1 unspecified atom stereocenters. The average molecular weight is 173 g/mol. The van der Waals surface area contributed by atoms with Gasteiger partial charge >= 0.3 is 12.1 Å². The summed E-state index contributed by atoms with van der Waals surface area (Å²) in [6.45, 7) is 1.33. The van der Waals surface area contributed by atoms with E-state index in [1.165, 1.54) is 6.92 Å². The maximum Gasteiger partial charge on any atom is 0.471 e. The van der Waals surface area contributed by atoms with E-state index in [4.69, 9.17) is 0 Å². The van der Waals surface area contributed by atoms with Crippen molar-refractivity contribution in [2.45, 2.75) is 18.5 Å². The lowest BCUT2D eigenvalue weighted by Crippen LogP contribution is -2.39. The summed E-state index contributed by atoms with van der Waals surface area (Å²) in [6.07, 6.45) is -4.81. The van der Waals surface area contributed by atoms with Crippen LogP contribution < -0.4 is 5.32 Å². The molecule has 1 N–H and O–H groups in total. The van der Waals surface area contributed by atoms with Crippen LogP contribution in [0.2, 0.25) is 0 Å². The Kier molecular flexibility index (Phi) is 3.01. The van der Waals surface area contributed by atoms with Crippen LogP contribution in [0.25, 0.3) is 0 Å². The minimum Gasteiger partial charge on any atom is -0.337 e. The van der Waals surface area contributed by atoms with Crippen LogP contribution in [0.15, 0.2) is 0 Å². The van der Waals surface area contributed by atoms with Gasteiger partial charge in [0.2, 0.25) is 0 Å². The van der Waals surface area contributed by atoms with Crippen molar-refractivity contribution < 1.29 is 18.0 Å². The summed E-state index contributed by atoms with van der Waals surface area (Å²) >= 11 is 3.54. The summed E-state index contributed by atoms with van der Waals surface area (Å²) < 4.78 is 34.1. The number of carbonyl (C=O) groups is 1. The molecule has 0 saturated heterocycles. The molecule has 6 heteroatoms. The zero-order chi connectivity index (χ0) is 8.36. The van der Waals surface area contributed by atoms with Crippen LogP contribution in [0.4, 0.5) is 13.2 Å². The van der Waals surface area contributed by atoms with Gasteiger partial charge < -0.3 is 5.32 Å². The Hall–Kier alpha value is -0.390. The molecule has 1 amide bonds. The van der Waals surface area contributed by atoms with E-state index < -0.39 is 17.5 Å². The lowest BCUT2D eigenvalue weighted by atomic mass is 10.5. The van der Waals surface area contributed by atoms with Gasteiger partial charge in [0.25, 0.3) is 0 Å². The third-order valence-electron chi connectivity index (χ3n) is 0.597. The van der Waals surface area contributed by atoms with E-state index in [2.05, 4.69) is 12.6 Å². The fraction of sp³-hybridized carbons (Fsp3) is 0.750. The summed E-state index contributed by atoms with van der Waals surface area (Å²) in [4.78, 5) is 9.99. The molecule has 0 aliphatic carbocycles. The Bertz CT molecular complexity index is 133. The lowest BCUT2D eigenvalue weighted by Gasteiger charge is -2.09. The van der Waals surface area contributed by atoms with Gasteiger partial charge in [-0.15, -0.1) is 0 Å². The predicted molar refractivity (Wildman–Crippen MR) is 32.6 cm³/mol. The van der Waals surface area contributed by atoms with Crippen LogP contribution in [0.5, 0.6) is 0 Å². The molecule has 0 fully saturated rings. The minimum absolute atomic E-state index is 0.783. The van der Waals surface area contributed by atoms with Crippen molar-refractivity contribution in [3.05, 3.63) is 0 Å². The van der Waals surface area contributed by atoms with Crippen LogP contribution in [0.1, 0.15) is 6.92 Å². The number of amides is 1. The number of halogens is 3. The molecule has 10 heavy (non-hydrogen) atoms. The van der Waals surface area contributed by atoms with Gasteiger partial charge in [0.15, 0.2) is 0 Å². The molecule has 0 aromatic rings. The molecule has 0 heterocycles. The quantitative estimate of drug-likeness (QED) is 0.448. The van der Waals surface area contributed by atoms with Crippen molar-refractivity contribution in [1.29, 1.82) is 0 Å². The molecule has 0 bridgehead atoms. The lowest BCUT2D eigenvalue weighted by molar-refractivity contribution is -0.173. The fourth-order valence-corrected chi connectivity index (χ4v) is 0.389. The number of nitrogens with one attached hydrogen (secondary N) is 1. The molecule has 1 atom stereocenters. The van der Waals surface area contributed by atoms with Crippen molar-refractivity contribution in [3.63, 3.8) is 0 Å². The van der Waals surface area contributed by atoms with Gasteiger partial charge in [-0.1, -0.05) is 0 Å². The second kappa shape index (κ2) is 3.14. The Labute approximate surface area is 61.2 Å². The Morgan fingerprint density at radius 2 is 2.00 bits per heavy atom. The van der Waals surface area contributed by atoms with E-state index in [0.29, 0.717) is 0 Å². The number of hydrogen-bond donors (Lipinski definition) is 2. The summed E-state index contributed by atoms with van der Waals surface area (Å²) in [5, 5.41) is 0.800. The SMILES string of the molecule is CC(S)NC(=O)C(F)(F)F. The molecule has 0 radical (unpaired) electrons. The van der Waals surface area contributed by atoms with Crippen LogP contribution >= 0.6 is 12.6 Å². The van der Waals surface area contributed by atoms with Gasteiger partial charge in [-0.2, -0.15) is 25.8 Å². The first kappa shape index (κ1) is 9.61. The number of rotatable bonds is 1. The number of hydrogen-bond acceptors (Lipinski definition) is 2. The Morgan fingerprint density at radius 3 is 2.10 bits per heavy atom. The van der Waals surface area contributed by atoms with Crippen LogP contribution in [0, 0.1) is 0 Å². The molecule has 0 saturated carbocycles. The van der Waals surface area contributed by atoms with Crippen molar-refractivity contribution in [1.82, 2.24) is 5.32 Å². The molecule has 0 aliphatic heterocycles. The monoisotopic (exact) mass is 173 g/mol. The molecule has 0 aliphatic rings. The van der Waals surface area contributed by atoms with Gasteiger partial charge in [0.05, 0.1) is 5.37 Å². The highest BCUT2D eigenvalue weighted by molar-refractivity contribution is 7.80. The predicted octanol–water partition coefficient (Wildman–Crippen LogP) is 0.941. The van der Waals surface area contributed by atoms with Gasteiger partial charge in [-0.3, -0.25) is 4.79 Å². The Morgan fingerprint density at radius 1 is 1.60 bits per heavy atom. The maximum atomic E-state index is 11.4. The third kappa shape index (κ3) is 3.60. The topological polar surface area (TPSA) is 29.1 Å². The van der Waals surface area contributed by atoms with Gasteiger partial charge in [-0.05, 0) is 6.92 Å². The summed E-state index contributed by atoms with van der Waals surface area (Å²) in [5.74, 6) is -1.96. The van der Waals surface area contributed by atoms with Crippen molar-refractivity contribution in [2.24, 2.45) is 0 Å². The van der Waals surface area contributed by atoms with E-state index >= 15 is 0 Å². The first-order chi connectivity index (χ1) is 4.34. The largest absolute Gasteiger partial charge is 0.471 e. The number of carbonyl (C=O) groups excluding carboxylic acids is 1. The van der Waals surface area contributed by atoms with E-state index in [-0.39, 0.29) is 0 Å². The third-order valence-corrected chi connectivity index (χ3v) is 0.727. The van der Waals surface area contributed by atoms with Crippen molar-refractivity contribution in [3.8, 4) is 0 Å². The Balaban J connectivity index is 3.87. The highest BCUT2D eigenvalue weighted by atomic mass is 32.1. The molecule has 2 nitrogen and oxygen atoms in total. The molecule has 0 spiro atoms. The van der Waals surface area contributed by atoms with E-state index in [9.17, 15) is 18.0 Å². The second-order valence-electron chi connectivity index (χ2n) is 1.65.